The molecule has 0 unspecified atom stereocenters. The molecular weight excluding hydrogens is 594 g/mol. The highest BCUT2D eigenvalue weighted by atomic mass is 32.2. The van der Waals surface area contributed by atoms with Crippen LogP contribution in [-0.2, 0) is 40.5 Å². The van der Waals surface area contributed by atoms with E-state index in [0.29, 0.717) is 12.1 Å². The van der Waals surface area contributed by atoms with Crippen molar-refractivity contribution in [2.24, 2.45) is 10.2 Å². The zero-order valence-corrected chi connectivity index (χ0v) is 22.0. The minimum absolute atomic E-state index is 0.0597. The minimum Gasteiger partial charge on any atom is -0.495 e. The summed E-state index contributed by atoms with van der Waals surface area (Å²) in [7, 11) is -18.5. The third-order valence-electron chi connectivity index (χ3n) is 4.72. The van der Waals surface area contributed by atoms with E-state index in [1.807, 2.05) is 0 Å². The molecule has 0 aliphatic heterocycles. The Hall–Kier alpha value is -3.24. The number of nitrogens with zero attached hydrogens (tertiary/aromatic N) is 2. The van der Waals surface area contributed by atoms with Crippen molar-refractivity contribution in [2.75, 3.05) is 18.3 Å². The molecule has 3 aromatic rings. The fourth-order valence-corrected chi connectivity index (χ4v) is 5.55. The first-order valence-electron chi connectivity index (χ1n) is 9.63. The van der Waals surface area contributed by atoms with Crippen LogP contribution in [0.15, 0.2) is 67.4 Å². The van der Waals surface area contributed by atoms with Crippen molar-refractivity contribution in [3.8, 4) is 5.75 Å². The van der Waals surface area contributed by atoms with E-state index >= 15 is 0 Å². The van der Waals surface area contributed by atoms with Crippen LogP contribution < -0.4 is 10.1 Å². The molecule has 16 nitrogen and oxygen atoms in total. The van der Waals surface area contributed by atoms with Gasteiger partial charge in [0.2, 0.25) is 0 Å². The number of hydrogen-bond acceptors (Lipinski definition) is 12. The standard InChI is InChI=1S/C18H17N3O13S4/c1-34-16-5-10(2-3-15(16)19-9-35(22,23)24)20-21-11-4-13-14(17(6-11)37(28,29)30)7-12(36(25,26)27)8-18(13)38(31,32)33/h2-8,19H,9H2,1H3,(H,22,23,24)(H,25,26,27)(H,28,29,30)(H,31,32,33). The van der Waals surface area contributed by atoms with E-state index in [1.165, 1.54) is 25.3 Å². The van der Waals surface area contributed by atoms with Gasteiger partial charge >= 0.3 is 0 Å². The number of hydrogen-bond donors (Lipinski definition) is 5. The Morgan fingerprint density at radius 1 is 0.711 bits per heavy atom. The number of azo groups is 1. The number of benzene rings is 3. The van der Waals surface area contributed by atoms with Gasteiger partial charge in [0, 0.05) is 16.8 Å². The van der Waals surface area contributed by atoms with Gasteiger partial charge in [0.25, 0.3) is 40.5 Å². The maximum Gasteiger partial charge on any atom is 0.295 e. The van der Waals surface area contributed by atoms with Crippen LogP contribution in [0.2, 0.25) is 0 Å². The number of rotatable bonds is 9. The van der Waals surface area contributed by atoms with Crippen LogP contribution in [0.4, 0.5) is 17.1 Å². The van der Waals surface area contributed by atoms with Crippen molar-refractivity contribution in [2.45, 2.75) is 14.7 Å². The minimum atomic E-state index is -5.20. The van der Waals surface area contributed by atoms with Gasteiger partial charge in [-0.3, -0.25) is 18.2 Å². The molecule has 38 heavy (non-hydrogen) atoms. The predicted octanol–water partition coefficient (Wildman–Crippen LogP) is 2.26. The maximum atomic E-state index is 12.0. The lowest BCUT2D eigenvalue weighted by Crippen LogP contribution is -2.13. The maximum absolute atomic E-state index is 12.0. The lowest BCUT2D eigenvalue weighted by Gasteiger charge is -2.11. The van der Waals surface area contributed by atoms with Gasteiger partial charge in [-0.1, -0.05) is 0 Å². The summed E-state index contributed by atoms with van der Waals surface area (Å²) in [5.74, 6) is -0.761. The van der Waals surface area contributed by atoms with Crippen LogP contribution in [-0.4, -0.2) is 64.9 Å². The fourth-order valence-electron chi connectivity index (χ4n) is 3.16. The Labute approximate surface area is 216 Å². The largest absolute Gasteiger partial charge is 0.495 e. The lowest BCUT2D eigenvalue weighted by atomic mass is 10.1. The van der Waals surface area contributed by atoms with E-state index in [1.54, 1.807) is 0 Å². The topological polar surface area (TPSA) is 263 Å². The molecule has 3 rings (SSSR count). The zero-order valence-electron chi connectivity index (χ0n) is 18.7. The summed E-state index contributed by atoms with van der Waals surface area (Å²) in [6, 6.07) is 6.49. The number of ether oxygens (including phenoxy) is 1. The number of fused-ring (bicyclic) bond motifs is 1. The van der Waals surface area contributed by atoms with Crippen LogP contribution in [0, 0.1) is 0 Å². The summed E-state index contributed by atoms with van der Waals surface area (Å²) in [6.07, 6.45) is 0. The van der Waals surface area contributed by atoms with Gasteiger partial charge in [0.05, 0.1) is 29.1 Å². The molecule has 0 aromatic heterocycles. The molecule has 0 fully saturated rings. The van der Waals surface area contributed by atoms with E-state index in [9.17, 15) is 47.3 Å². The average Bonchev–Trinajstić information content (AvgIpc) is 2.77. The van der Waals surface area contributed by atoms with Gasteiger partial charge in [-0.25, -0.2) is 0 Å². The normalized spacial score (nSPS) is 13.2. The summed E-state index contributed by atoms with van der Waals surface area (Å²) >= 11 is 0. The lowest BCUT2D eigenvalue weighted by molar-refractivity contribution is 0.416. The second kappa shape index (κ2) is 10.1. The molecule has 20 heteroatoms. The van der Waals surface area contributed by atoms with Crippen molar-refractivity contribution in [3.63, 3.8) is 0 Å². The molecule has 0 saturated carbocycles. The smallest absolute Gasteiger partial charge is 0.295 e. The molecule has 0 spiro atoms. The van der Waals surface area contributed by atoms with Crippen LogP contribution >= 0.6 is 0 Å². The Balaban J connectivity index is 2.20. The van der Waals surface area contributed by atoms with Crippen molar-refractivity contribution in [1.82, 2.24) is 0 Å². The van der Waals surface area contributed by atoms with Gasteiger partial charge in [0.1, 0.15) is 21.4 Å². The first-order chi connectivity index (χ1) is 17.3. The third-order valence-corrected chi connectivity index (χ3v) is 7.84. The Kier molecular flexibility index (Phi) is 7.83. The summed E-state index contributed by atoms with van der Waals surface area (Å²) in [4.78, 5) is -3.20. The highest BCUT2D eigenvalue weighted by Crippen LogP contribution is 2.36. The number of anilines is 1. The van der Waals surface area contributed by atoms with Crippen LogP contribution in [0.1, 0.15) is 0 Å². The van der Waals surface area contributed by atoms with E-state index in [2.05, 4.69) is 15.5 Å². The number of methoxy groups -OCH3 is 1. The molecule has 0 bridgehead atoms. The highest BCUT2D eigenvalue weighted by Gasteiger charge is 2.25. The Morgan fingerprint density at radius 3 is 1.79 bits per heavy atom. The molecular formula is C18H17N3O13S4. The van der Waals surface area contributed by atoms with Crippen molar-refractivity contribution >= 4 is 68.3 Å². The molecule has 5 N–H and O–H groups in total. The van der Waals surface area contributed by atoms with Gasteiger partial charge < -0.3 is 10.1 Å². The van der Waals surface area contributed by atoms with Gasteiger partial charge in [-0.05, 0) is 36.4 Å². The quantitative estimate of drug-likeness (QED) is 0.172. The molecule has 0 aliphatic carbocycles. The van der Waals surface area contributed by atoms with Gasteiger partial charge in [-0.15, -0.1) is 0 Å². The summed E-state index contributed by atoms with van der Waals surface area (Å²) < 4.78 is 136. The van der Waals surface area contributed by atoms with Crippen LogP contribution in [0.5, 0.6) is 5.75 Å². The van der Waals surface area contributed by atoms with Gasteiger partial charge in [0.15, 0.2) is 0 Å². The molecule has 0 radical (unpaired) electrons. The average molecular weight is 612 g/mol. The SMILES string of the molecule is COc1cc(N=Nc2cc(S(=O)(=O)O)c3cc(S(=O)(=O)O)cc(S(=O)(=O)O)c3c2)ccc1NCS(=O)(=O)O. The first-order valence-corrected chi connectivity index (χ1v) is 15.6. The summed E-state index contributed by atoms with van der Waals surface area (Å²) in [5.41, 5.74) is -0.164. The molecule has 0 amide bonds. The summed E-state index contributed by atoms with van der Waals surface area (Å²) in [6.45, 7) is 0. The molecule has 0 heterocycles. The molecule has 3 aromatic carbocycles. The van der Waals surface area contributed by atoms with Gasteiger partial charge in [-0.2, -0.15) is 43.9 Å². The van der Waals surface area contributed by atoms with Crippen molar-refractivity contribution in [3.05, 3.63) is 42.5 Å². The van der Waals surface area contributed by atoms with Crippen LogP contribution in [0.25, 0.3) is 10.8 Å². The molecule has 0 atom stereocenters. The third kappa shape index (κ3) is 6.99. The second-order valence-corrected chi connectivity index (χ2v) is 13.0. The molecule has 0 aliphatic rings. The van der Waals surface area contributed by atoms with Crippen molar-refractivity contribution < 1.29 is 56.6 Å². The van der Waals surface area contributed by atoms with E-state index < -0.39 is 71.8 Å². The Bertz CT molecular complexity index is 1900. The van der Waals surface area contributed by atoms with E-state index in [-0.39, 0.29) is 22.8 Å². The van der Waals surface area contributed by atoms with Crippen LogP contribution in [0.3, 0.4) is 0 Å². The first kappa shape index (κ1) is 29.3. The highest BCUT2D eigenvalue weighted by molar-refractivity contribution is 7.87. The fraction of sp³-hybridized carbons (Fsp3) is 0.111. The summed E-state index contributed by atoms with van der Waals surface area (Å²) in [5, 5.41) is 8.78. The second-order valence-electron chi connectivity index (χ2n) is 7.37. The monoisotopic (exact) mass is 611 g/mol. The number of nitrogens with one attached hydrogen (secondary N) is 1. The predicted molar refractivity (Wildman–Crippen MR) is 131 cm³/mol. The zero-order chi connectivity index (χ0) is 28.7. The molecule has 0 saturated heterocycles. The molecule has 206 valence electrons. The van der Waals surface area contributed by atoms with Crippen molar-refractivity contribution in [1.29, 1.82) is 0 Å². The van der Waals surface area contributed by atoms with E-state index in [0.717, 1.165) is 12.1 Å². The Morgan fingerprint density at radius 2 is 1.26 bits per heavy atom. The van der Waals surface area contributed by atoms with E-state index in [4.69, 9.17) is 9.29 Å².